The molecular formula is C20H22F3N3O2S2. The first kappa shape index (κ1) is 22.9. The average Bonchev–Trinajstić information content (AvgIpc) is 3.12. The lowest BCUT2D eigenvalue weighted by Gasteiger charge is -2.10. The van der Waals surface area contributed by atoms with Crippen LogP contribution in [-0.4, -0.2) is 53.3 Å². The number of alkyl halides is 3. The minimum absolute atomic E-state index is 0.0684. The molecule has 2 heterocycles. The average molecular weight is 458 g/mol. The third kappa shape index (κ3) is 7.19. The van der Waals surface area contributed by atoms with Crippen molar-refractivity contribution in [3.05, 3.63) is 47.9 Å². The third-order valence-corrected chi connectivity index (χ3v) is 6.24. The Labute approximate surface area is 181 Å². The Balaban J connectivity index is 1.41. The van der Waals surface area contributed by atoms with E-state index in [1.54, 1.807) is 29.7 Å². The summed E-state index contributed by atoms with van der Waals surface area (Å²) in [6.45, 7) is 1.30. The van der Waals surface area contributed by atoms with Crippen LogP contribution in [0.4, 0.5) is 13.2 Å². The lowest BCUT2D eigenvalue weighted by atomic mass is 10.3. The molecule has 0 spiro atoms. The van der Waals surface area contributed by atoms with Gasteiger partial charge in [0.25, 0.3) is 0 Å². The number of pyridine rings is 1. The van der Waals surface area contributed by atoms with E-state index in [4.69, 9.17) is 4.74 Å². The fourth-order valence-corrected chi connectivity index (χ4v) is 4.46. The van der Waals surface area contributed by atoms with E-state index in [1.807, 2.05) is 37.3 Å². The van der Waals surface area contributed by atoms with Crippen LogP contribution >= 0.6 is 23.5 Å². The van der Waals surface area contributed by atoms with Gasteiger partial charge >= 0.3 is 6.18 Å². The lowest BCUT2D eigenvalue weighted by Crippen LogP contribution is -2.19. The number of hydrogen-bond acceptors (Lipinski definition) is 6. The van der Waals surface area contributed by atoms with Crippen molar-refractivity contribution < 1.29 is 22.6 Å². The lowest BCUT2D eigenvalue weighted by molar-refractivity contribution is -0.176. The molecule has 0 aliphatic heterocycles. The first-order chi connectivity index (χ1) is 14.4. The van der Waals surface area contributed by atoms with Gasteiger partial charge in [-0.3, -0.25) is 0 Å². The van der Waals surface area contributed by atoms with Gasteiger partial charge in [-0.2, -0.15) is 13.2 Å². The second kappa shape index (κ2) is 11.0. The van der Waals surface area contributed by atoms with Crippen LogP contribution < -0.4 is 0 Å². The smallest absolute Gasteiger partial charge is 0.378 e. The van der Waals surface area contributed by atoms with E-state index in [0.717, 1.165) is 32.3 Å². The van der Waals surface area contributed by atoms with Gasteiger partial charge in [-0.1, -0.05) is 23.9 Å². The largest absolute Gasteiger partial charge is 0.411 e. The molecule has 162 valence electrons. The maximum Gasteiger partial charge on any atom is 0.411 e. The number of aromatic amines is 1. The van der Waals surface area contributed by atoms with Crippen LogP contribution in [0.25, 0.3) is 11.0 Å². The van der Waals surface area contributed by atoms with Crippen LogP contribution in [0.1, 0.15) is 11.4 Å². The molecule has 0 atom stereocenters. The molecule has 0 amide bonds. The van der Waals surface area contributed by atoms with E-state index in [-0.39, 0.29) is 13.2 Å². The highest BCUT2D eigenvalue weighted by Crippen LogP contribution is 2.30. The van der Waals surface area contributed by atoms with E-state index in [1.165, 1.54) is 0 Å². The van der Waals surface area contributed by atoms with Crippen LogP contribution in [0, 0.1) is 6.92 Å². The molecule has 0 fully saturated rings. The molecule has 0 saturated heterocycles. The van der Waals surface area contributed by atoms with Crippen LogP contribution in [0.5, 0.6) is 0 Å². The SMILES string of the molecule is Cc1c(SCCOCCOCC(F)(F)F)ccnc1SCc1nc2ccccc2[nH]1. The molecule has 2 aromatic heterocycles. The number of H-pyrrole nitrogens is 1. The van der Waals surface area contributed by atoms with Gasteiger partial charge in [0, 0.05) is 16.8 Å². The number of benzene rings is 1. The Morgan fingerprint density at radius 2 is 1.83 bits per heavy atom. The summed E-state index contributed by atoms with van der Waals surface area (Å²) in [6, 6.07) is 9.87. The van der Waals surface area contributed by atoms with Crippen LogP contribution in [-0.2, 0) is 15.2 Å². The molecule has 3 rings (SSSR count). The monoisotopic (exact) mass is 457 g/mol. The Bertz CT molecular complexity index is 917. The Morgan fingerprint density at radius 1 is 1.03 bits per heavy atom. The van der Waals surface area contributed by atoms with Gasteiger partial charge in [0.05, 0.1) is 36.6 Å². The van der Waals surface area contributed by atoms with Gasteiger partial charge in [-0.05, 0) is 30.7 Å². The number of hydrogen-bond donors (Lipinski definition) is 1. The van der Waals surface area contributed by atoms with E-state index in [2.05, 4.69) is 19.7 Å². The number of nitrogens with one attached hydrogen (secondary N) is 1. The Hall–Kier alpha value is -1.75. The van der Waals surface area contributed by atoms with E-state index < -0.39 is 12.8 Å². The molecule has 0 bridgehead atoms. The zero-order chi connectivity index (χ0) is 21.4. The van der Waals surface area contributed by atoms with Crippen molar-refractivity contribution >= 4 is 34.6 Å². The maximum atomic E-state index is 12.0. The number of nitrogens with zero attached hydrogens (tertiary/aromatic N) is 2. The van der Waals surface area contributed by atoms with E-state index >= 15 is 0 Å². The standard InChI is InChI=1S/C20H22F3N3O2S2/c1-14-17(29-11-10-27-8-9-28-13-20(21,22)23)6-7-24-19(14)30-12-18-25-15-4-2-3-5-16(15)26-18/h2-7H,8-13H2,1H3,(H,25,26). The zero-order valence-electron chi connectivity index (χ0n) is 16.4. The molecule has 0 unspecified atom stereocenters. The number of rotatable bonds is 11. The number of aromatic nitrogens is 3. The summed E-state index contributed by atoms with van der Waals surface area (Å²) in [5.74, 6) is 2.29. The fraction of sp³-hybridized carbons (Fsp3) is 0.400. The minimum Gasteiger partial charge on any atom is -0.378 e. The molecule has 30 heavy (non-hydrogen) atoms. The summed E-state index contributed by atoms with van der Waals surface area (Å²) in [7, 11) is 0. The van der Waals surface area contributed by atoms with Crippen LogP contribution in [0.3, 0.4) is 0 Å². The number of thioether (sulfide) groups is 2. The molecule has 0 saturated carbocycles. The Morgan fingerprint density at radius 3 is 2.63 bits per heavy atom. The normalized spacial score (nSPS) is 12.0. The first-order valence-electron chi connectivity index (χ1n) is 9.29. The fourth-order valence-electron chi connectivity index (χ4n) is 2.63. The van der Waals surface area contributed by atoms with Gasteiger partial charge in [0.1, 0.15) is 17.5 Å². The minimum atomic E-state index is -4.30. The second-order valence-electron chi connectivity index (χ2n) is 6.36. The number of para-hydroxylation sites is 2. The zero-order valence-corrected chi connectivity index (χ0v) is 18.0. The highest BCUT2D eigenvalue weighted by Gasteiger charge is 2.27. The number of halogens is 3. The molecule has 0 aliphatic rings. The molecule has 0 aliphatic carbocycles. The van der Waals surface area contributed by atoms with E-state index in [9.17, 15) is 13.2 Å². The molecule has 1 N–H and O–H groups in total. The second-order valence-corrected chi connectivity index (χ2v) is 8.46. The molecular weight excluding hydrogens is 435 g/mol. The van der Waals surface area contributed by atoms with Crippen molar-refractivity contribution in [1.29, 1.82) is 0 Å². The van der Waals surface area contributed by atoms with Crippen molar-refractivity contribution in [2.24, 2.45) is 0 Å². The van der Waals surface area contributed by atoms with Crippen molar-refractivity contribution in [3.63, 3.8) is 0 Å². The van der Waals surface area contributed by atoms with Gasteiger partial charge < -0.3 is 14.5 Å². The summed E-state index contributed by atoms with van der Waals surface area (Å²) < 4.78 is 45.7. The summed E-state index contributed by atoms with van der Waals surface area (Å²) in [5, 5.41) is 0.946. The van der Waals surface area contributed by atoms with Gasteiger partial charge in [0.15, 0.2) is 0 Å². The van der Waals surface area contributed by atoms with Crippen molar-refractivity contribution in [3.8, 4) is 0 Å². The van der Waals surface area contributed by atoms with Crippen molar-refractivity contribution in [2.75, 3.05) is 32.2 Å². The molecule has 10 heteroatoms. The molecule has 3 aromatic rings. The predicted octanol–water partition coefficient (Wildman–Crippen LogP) is 5.25. The van der Waals surface area contributed by atoms with Gasteiger partial charge in [-0.25, -0.2) is 9.97 Å². The maximum absolute atomic E-state index is 12.0. The quantitative estimate of drug-likeness (QED) is 0.314. The van der Waals surface area contributed by atoms with Crippen molar-refractivity contribution in [2.45, 2.75) is 28.8 Å². The summed E-state index contributed by atoms with van der Waals surface area (Å²) in [5.41, 5.74) is 3.06. The highest BCUT2D eigenvalue weighted by atomic mass is 32.2. The van der Waals surface area contributed by atoms with E-state index in [0.29, 0.717) is 18.1 Å². The first-order valence-corrected chi connectivity index (χ1v) is 11.3. The molecule has 0 radical (unpaired) electrons. The number of imidazole rings is 1. The summed E-state index contributed by atoms with van der Waals surface area (Å²) in [6.07, 6.45) is -2.52. The highest BCUT2D eigenvalue weighted by molar-refractivity contribution is 7.99. The molecule has 5 nitrogen and oxygen atoms in total. The molecule has 1 aromatic carbocycles. The van der Waals surface area contributed by atoms with Crippen LogP contribution in [0.15, 0.2) is 46.5 Å². The Kier molecular flexibility index (Phi) is 8.43. The number of fused-ring (bicyclic) bond motifs is 1. The van der Waals surface area contributed by atoms with Crippen LogP contribution in [0.2, 0.25) is 0 Å². The van der Waals surface area contributed by atoms with Gasteiger partial charge in [0.2, 0.25) is 0 Å². The van der Waals surface area contributed by atoms with Crippen molar-refractivity contribution in [1.82, 2.24) is 15.0 Å². The number of ether oxygens (including phenoxy) is 2. The summed E-state index contributed by atoms with van der Waals surface area (Å²) in [4.78, 5) is 13.5. The predicted molar refractivity (Wildman–Crippen MR) is 113 cm³/mol. The summed E-state index contributed by atoms with van der Waals surface area (Å²) >= 11 is 3.26. The topological polar surface area (TPSA) is 60.0 Å². The third-order valence-electron chi connectivity index (χ3n) is 4.02. The van der Waals surface area contributed by atoms with Gasteiger partial charge in [-0.15, -0.1) is 11.8 Å².